The summed E-state index contributed by atoms with van der Waals surface area (Å²) in [5, 5.41) is 9.10. The molecule has 1 aromatic heterocycles. The first-order chi connectivity index (χ1) is 11.4. The highest BCUT2D eigenvalue weighted by Gasteiger charge is 2.21. The van der Waals surface area contributed by atoms with Crippen molar-refractivity contribution in [3.8, 4) is 0 Å². The van der Waals surface area contributed by atoms with Gasteiger partial charge in [0, 0.05) is 21.8 Å². The summed E-state index contributed by atoms with van der Waals surface area (Å²) in [6, 6.07) is 6.32. The quantitative estimate of drug-likeness (QED) is 0.460. The van der Waals surface area contributed by atoms with Gasteiger partial charge in [0.1, 0.15) is 5.82 Å². The lowest BCUT2D eigenvalue weighted by atomic mass is 9.89. The highest BCUT2D eigenvalue weighted by molar-refractivity contribution is 6.35. The summed E-state index contributed by atoms with van der Waals surface area (Å²) in [6.07, 6.45) is 0. The Balaban J connectivity index is 2.46. The molecular formula is C19H16ClFN2O. The van der Waals surface area contributed by atoms with E-state index in [0.29, 0.717) is 10.6 Å². The van der Waals surface area contributed by atoms with E-state index in [4.69, 9.17) is 21.9 Å². The Morgan fingerprint density at radius 2 is 1.88 bits per heavy atom. The number of hydrogen-bond donors (Lipinski definition) is 1. The Morgan fingerprint density at radius 3 is 2.58 bits per heavy atom. The first kappa shape index (κ1) is 15.4. The standard InChI is InChI=1S/C19H16ClFN2O/c1-8-15(20)7-13(9(2)22)18-14-6-11(21)4-5-12(14)19-17(16(8)18)10(3)23-24-19/h4-7,9H,22H2,1-3H3. The Hall–Kier alpha value is -2.17. The molecule has 0 aliphatic carbocycles. The predicted octanol–water partition coefficient (Wildman–Crippen LogP) is 5.56. The number of benzene rings is 3. The summed E-state index contributed by atoms with van der Waals surface area (Å²) in [4.78, 5) is 0. The minimum atomic E-state index is -0.303. The van der Waals surface area contributed by atoms with Gasteiger partial charge in [0.15, 0.2) is 5.58 Å². The highest BCUT2D eigenvalue weighted by atomic mass is 35.5. The second kappa shape index (κ2) is 5.16. The maximum Gasteiger partial charge on any atom is 0.175 e. The lowest BCUT2D eigenvalue weighted by Crippen LogP contribution is -2.07. The van der Waals surface area contributed by atoms with E-state index < -0.39 is 0 Å². The zero-order chi connectivity index (χ0) is 17.2. The van der Waals surface area contributed by atoms with E-state index in [0.717, 1.165) is 43.8 Å². The molecule has 0 amide bonds. The molecule has 4 aromatic rings. The molecule has 0 bridgehead atoms. The minimum Gasteiger partial charge on any atom is -0.355 e. The lowest BCUT2D eigenvalue weighted by Gasteiger charge is -2.17. The fourth-order valence-electron chi connectivity index (χ4n) is 3.50. The largest absolute Gasteiger partial charge is 0.355 e. The molecule has 2 N–H and O–H groups in total. The number of fused-ring (bicyclic) bond motifs is 6. The molecule has 5 heteroatoms. The average molecular weight is 343 g/mol. The molecule has 1 atom stereocenters. The molecule has 24 heavy (non-hydrogen) atoms. The van der Waals surface area contributed by atoms with Gasteiger partial charge in [0.25, 0.3) is 0 Å². The summed E-state index contributed by atoms with van der Waals surface area (Å²) >= 11 is 6.46. The highest BCUT2D eigenvalue weighted by Crippen LogP contribution is 2.43. The van der Waals surface area contributed by atoms with Crippen LogP contribution >= 0.6 is 11.6 Å². The second-order valence-corrected chi connectivity index (χ2v) is 6.68. The topological polar surface area (TPSA) is 52.0 Å². The molecule has 1 unspecified atom stereocenters. The Kier molecular flexibility index (Phi) is 3.31. The molecule has 4 rings (SSSR count). The van der Waals surface area contributed by atoms with Crippen LogP contribution in [0.1, 0.15) is 29.8 Å². The van der Waals surface area contributed by atoms with Gasteiger partial charge < -0.3 is 10.3 Å². The molecular weight excluding hydrogens is 327 g/mol. The zero-order valence-electron chi connectivity index (χ0n) is 13.6. The van der Waals surface area contributed by atoms with Crippen molar-refractivity contribution >= 4 is 44.1 Å². The summed E-state index contributed by atoms with van der Waals surface area (Å²) in [7, 11) is 0. The van der Waals surface area contributed by atoms with Crippen molar-refractivity contribution in [1.29, 1.82) is 0 Å². The van der Waals surface area contributed by atoms with Gasteiger partial charge in [-0.25, -0.2) is 4.39 Å². The molecule has 0 aliphatic heterocycles. The van der Waals surface area contributed by atoms with Gasteiger partial charge in [-0.1, -0.05) is 16.8 Å². The number of nitrogens with zero attached hydrogens (tertiary/aromatic N) is 1. The van der Waals surface area contributed by atoms with Gasteiger partial charge in [-0.2, -0.15) is 0 Å². The fourth-order valence-corrected chi connectivity index (χ4v) is 3.71. The van der Waals surface area contributed by atoms with E-state index in [1.165, 1.54) is 12.1 Å². The number of aromatic nitrogens is 1. The third kappa shape index (κ3) is 1.96. The van der Waals surface area contributed by atoms with Gasteiger partial charge in [-0.3, -0.25) is 0 Å². The fraction of sp³-hybridized carbons (Fsp3) is 0.211. The van der Waals surface area contributed by atoms with Crippen LogP contribution < -0.4 is 5.73 Å². The molecule has 3 aromatic carbocycles. The predicted molar refractivity (Wildman–Crippen MR) is 96.1 cm³/mol. The minimum absolute atomic E-state index is 0.241. The van der Waals surface area contributed by atoms with Gasteiger partial charge in [0.2, 0.25) is 0 Å². The van der Waals surface area contributed by atoms with Gasteiger partial charge in [0.05, 0.1) is 11.1 Å². The van der Waals surface area contributed by atoms with Crippen molar-refractivity contribution in [3.63, 3.8) is 0 Å². The average Bonchev–Trinajstić information content (AvgIpc) is 2.91. The van der Waals surface area contributed by atoms with E-state index in [9.17, 15) is 4.39 Å². The summed E-state index contributed by atoms with van der Waals surface area (Å²) in [6.45, 7) is 5.75. The molecule has 122 valence electrons. The number of hydrogen-bond acceptors (Lipinski definition) is 3. The summed E-state index contributed by atoms with van der Waals surface area (Å²) < 4.78 is 19.5. The monoisotopic (exact) mass is 342 g/mol. The van der Waals surface area contributed by atoms with Crippen LogP contribution in [-0.2, 0) is 0 Å². The number of rotatable bonds is 1. The Bertz CT molecular complexity index is 1130. The first-order valence-electron chi connectivity index (χ1n) is 7.75. The molecule has 3 nitrogen and oxygen atoms in total. The van der Waals surface area contributed by atoms with Crippen LogP contribution in [0.2, 0.25) is 5.02 Å². The van der Waals surface area contributed by atoms with Crippen molar-refractivity contribution in [1.82, 2.24) is 5.16 Å². The van der Waals surface area contributed by atoms with E-state index in [-0.39, 0.29) is 11.9 Å². The summed E-state index contributed by atoms with van der Waals surface area (Å²) in [5.41, 5.74) is 9.43. The zero-order valence-corrected chi connectivity index (χ0v) is 14.3. The molecule has 0 aliphatic rings. The second-order valence-electron chi connectivity index (χ2n) is 6.27. The first-order valence-corrected chi connectivity index (χ1v) is 8.13. The Labute approximate surface area is 143 Å². The van der Waals surface area contributed by atoms with E-state index in [1.54, 1.807) is 6.07 Å². The van der Waals surface area contributed by atoms with Crippen LogP contribution in [0.25, 0.3) is 32.5 Å². The number of nitrogens with two attached hydrogens (primary N) is 1. The molecule has 0 radical (unpaired) electrons. The van der Waals surface area contributed by atoms with E-state index >= 15 is 0 Å². The van der Waals surface area contributed by atoms with Crippen molar-refractivity contribution in [2.75, 3.05) is 0 Å². The molecule has 0 saturated carbocycles. The van der Waals surface area contributed by atoms with Gasteiger partial charge in [-0.15, -0.1) is 0 Å². The summed E-state index contributed by atoms with van der Waals surface area (Å²) in [5.74, 6) is -0.303. The van der Waals surface area contributed by atoms with Crippen molar-refractivity contribution in [2.45, 2.75) is 26.8 Å². The van der Waals surface area contributed by atoms with Crippen LogP contribution in [0.5, 0.6) is 0 Å². The third-order valence-electron chi connectivity index (χ3n) is 4.65. The van der Waals surface area contributed by atoms with Crippen molar-refractivity contribution in [3.05, 3.63) is 51.9 Å². The normalized spacial score (nSPS) is 13.2. The number of aryl methyl sites for hydroxylation is 2. The van der Waals surface area contributed by atoms with Crippen LogP contribution in [0.3, 0.4) is 0 Å². The maximum atomic E-state index is 14.0. The third-order valence-corrected chi connectivity index (χ3v) is 5.05. The van der Waals surface area contributed by atoms with Gasteiger partial charge in [-0.05, 0) is 66.9 Å². The SMILES string of the molecule is Cc1noc2c3ccc(F)cc3c3c(C(C)N)cc(Cl)c(C)c3c12. The van der Waals surface area contributed by atoms with Crippen LogP contribution in [0.15, 0.2) is 28.8 Å². The van der Waals surface area contributed by atoms with Crippen LogP contribution in [0, 0.1) is 19.7 Å². The van der Waals surface area contributed by atoms with E-state index in [1.807, 2.05) is 26.8 Å². The van der Waals surface area contributed by atoms with E-state index in [2.05, 4.69) is 5.16 Å². The van der Waals surface area contributed by atoms with Crippen LogP contribution in [-0.4, -0.2) is 5.16 Å². The Morgan fingerprint density at radius 1 is 1.12 bits per heavy atom. The van der Waals surface area contributed by atoms with Gasteiger partial charge >= 0.3 is 0 Å². The van der Waals surface area contributed by atoms with Crippen LogP contribution in [0.4, 0.5) is 4.39 Å². The van der Waals surface area contributed by atoms with Crippen molar-refractivity contribution < 1.29 is 8.91 Å². The molecule has 0 saturated heterocycles. The smallest absolute Gasteiger partial charge is 0.175 e. The van der Waals surface area contributed by atoms with Crippen molar-refractivity contribution in [2.24, 2.45) is 5.73 Å². The number of halogens is 2. The lowest BCUT2D eigenvalue weighted by molar-refractivity contribution is 0.452. The molecule has 0 fully saturated rings. The molecule has 1 heterocycles. The maximum absolute atomic E-state index is 14.0. The molecule has 0 spiro atoms.